The van der Waals surface area contributed by atoms with E-state index in [-0.39, 0.29) is 5.97 Å². The van der Waals surface area contributed by atoms with Crippen LogP contribution in [0.15, 0.2) is 24.3 Å². The Bertz CT molecular complexity index is 292. The van der Waals surface area contributed by atoms with Gasteiger partial charge in [-0.1, -0.05) is 25.1 Å². The van der Waals surface area contributed by atoms with Crippen molar-refractivity contribution in [2.24, 2.45) is 0 Å². The van der Waals surface area contributed by atoms with Crippen LogP contribution in [0.1, 0.15) is 25.8 Å². The summed E-state index contributed by atoms with van der Waals surface area (Å²) in [6.45, 7) is 3.45. The molecule has 1 rings (SSSR count). The largest absolute Gasteiger partial charge is 0.426 e. The van der Waals surface area contributed by atoms with Gasteiger partial charge in [0.15, 0.2) is 0 Å². The number of esters is 1. The van der Waals surface area contributed by atoms with Gasteiger partial charge in [0.2, 0.25) is 0 Å². The topological polar surface area (TPSA) is 26.3 Å². The first kappa shape index (κ1) is 9.78. The maximum Gasteiger partial charge on any atom is 0.308 e. The molecule has 0 bridgehead atoms. The van der Waals surface area contributed by atoms with Crippen molar-refractivity contribution in [3.63, 3.8) is 0 Å². The maximum absolute atomic E-state index is 10.7. The number of hydrogen-bond donors (Lipinski definition) is 0. The molecule has 0 amide bonds. The van der Waals surface area contributed by atoms with Crippen molar-refractivity contribution in [2.75, 3.05) is 0 Å². The third-order valence-electron chi connectivity index (χ3n) is 1.60. The molecule has 1 radical (unpaired) electrons. The highest BCUT2D eigenvalue weighted by molar-refractivity contribution is 5.70. The van der Waals surface area contributed by atoms with Crippen molar-refractivity contribution in [3.05, 3.63) is 36.2 Å². The SMILES string of the molecule is CC[CH]c1ccccc1OC(C)=O. The van der Waals surface area contributed by atoms with Gasteiger partial charge in [0, 0.05) is 6.92 Å². The molecule has 13 heavy (non-hydrogen) atoms. The Morgan fingerprint density at radius 1 is 1.46 bits per heavy atom. The second kappa shape index (κ2) is 4.65. The fourth-order valence-corrected chi connectivity index (χ4v) is 1.12. The van der Waals surface area contributed by atoms with Gasteiger partial charge in [0.1, 0.15) is 5.75 Å². The van der Waals surface area contributed by atoms with Crippen molar-refractivity contribution in [1.82, 2.24) is 0 Å². The smallest absolute Gasteiger partial charge is 0.308 e. The molecule has 0 N–H and O–H groups in total. The molecule has 1 aromatic rings. The fraction of sp³-hybridized carbons (Fsp3) is 0.273. The molecular weight excluding hydrogens is 164 g/mol. The minimum atomic E-state index is -0.281. The summed E-state index contributed by atoms with van der Waals surface area (Å²) in [5.74, 6) is 0.355. The Morgan fingerprint density at radius 2 is 2.15 bits per heavy atom. The summed E-state index contributed by atoms with van der Waals surface area (Å²) >= 11 is 0. The predicted octanol–water partition coefficient (Wildman–Crippen LogP) is 2.57. The zero-order valence-corrected chi connectivity index (χ0v) is 7.91. The zero-order chi connectivity index (χ0) is 9.68. The number of rotatable bonds is 3. The lowest BCUT2D eigenvalue weighted by Gasteiger charge is -2.06. The van der Waals surface area contributed by atoms with Gasteiger partial charge in [-0.05, 0) is 24.5 Å². The van der Waals surface area contributed by atoms with Crippen molar-refractivity contribution >= 4 is 5.97 Å². The number of carbonyl (C=O) groups excluding carboxylic acids is 1. The molecule has 0 fully saturated rings. The van der Waals surface area contributed by atoms with Crippen molar-refractivity contribution in [1.29, 1.82) is 0 Å². The molecule has 0 spiro atoms. The first-order valence-corrected chi connectivity index (χ1v) is 4.34. The highest BCUT2D eigenvalue weighted by Crippen LogP contribution is 2.20. The van der Waals surface area contributed by atoms with E-state index in [1.54, 1.807) is 6.07 Å². The monoisotopic (exact) mass is 177 g/mol. The summed E-state index contributed by atoms with van der Waals surface area (Å²) in [5.41, 5.74) is 0.972. The van der Waals surface area contributed by atoms with Crippen LogP contribution in [0, 0.1) is 6.42 Å². The van der Waals surface area contributed by atoms with Crippen LogP contribution in [-0.2, 0) is 4.79 Å². The molecule has 2 nitrogen and oxygen atoms in total. The molecule has 0 aliphatic heterocycles. The van der Waals surface area contributed by atoms with E-state index in [0.717, 1.165) is 12.0 Å². The average molecular weight is 177 g/mol. The van der Waals surface area contributed by atoms with Crippen LogP contribution < -0.4 is 4.74 Å². The molecule has 0 saturated heterocycles. The van der Waals surface area contributed by atoms with Crippen LogP contribution >= 0.6 is 0 Å². The van der Waals surface area contributed by atoms with Crippen LogP contribution in [0.5, 0.6) is 5.75 Å². The van der Waals surface area contributed by atoms with Gasteiger partial charge in [0.25, 0.3) is 0 Å². The average Bonchev–Trinajstić information content (AvgIpc) is 2.08. The summed E-state index contributed by atoms with van der Waals surface area (Å²) < 4.78 is 5.03. The molecule has 0 saturated carbocycles. The second-order valence-corrected chi connectivity index (χ2v) is 2.74. The maximum atomic E-state index is 10.7. The van der Waals surface area contributed by atoms with E-state index in [1.165, 1.54) is 6.92 Å². The highest BCUT2D eigenvalue weighted by Gasteiger charge is 2.03. The van der Waals surface area contributed by atoms with Gasteiger partial charge in [-0.25, -0.2) is 0 Å². The van der Waals surface area contributed by atoms with Crippen LogP contribution in [0.25, 0.3) is 0 Å². The Labute approximate surface area is 78.5 Å². The molecule has 0 aromatic heterocycles. The molecule has 0 aliphatic rings. The summed E-state index contributed by atoms with van der Waals surface area (Å²) in [6.07, 6.45) is 2.95. The van der Waals surface area contributed by atoms with Gasteiger partial charge in [-0.3, -0.25) is 4.79 Å². The van der Waals surface area contributed by atoms with Crippen molar-refractivity contribution < 1.29 is 9.53 Å². The van der Waals surface area contributed by atoms with Gasteiger partial charge < -0.3 is 4.74 Å². The van der Waals surface area contributed by atoms with Gasteiger partial charge in [-0.15, -0.1) is 0 Å². The standard InChI is InChI=1S/C11H13O2/c1-3-6-10-7-4-5-8-11(10)13-9(2)12/h4-8H,3H2,1-2H3. The quantitative estimate of drug-likeness (QED) is 0.524. The molecule has 1 aromatic carbocycles. The fourth-order valence-electron chi connectivity index (χ4n) is 1.12. The number of benzene rings is 1. The molecule has 0 unspecified atom stereocenters. The lowest BCUT2D eigenvalue weighted by atomic mass is 10.1. The van der Waals surface area contributed by atoms with Gasteiger partial charge in [0.05, 0.1) is 0 Å². The molecular formula is C11H13O2. The predicted molar refractivity (Wildman–Crippen MR) is 51.4 cm³/mol. The first-order chi connectivity index (χ1) is 6.24. The Balaban J connectivity index is 2.84. The first-order valence-electron chi connectivity index (χ1n) is 4.34. The van der Waals surface area contributed by atoms with E-state index >= 15 is 0 Å². The number of carbonyl (C=O) groups is 1. The minimum Gasteiger partial charge on any atom is -0.426 e. The number of hydrogen-bond acceptors (Lipinski definition) is 2. The van der Waals surface area contributed by atoms with E-state index in [9.17, 15) is 4.79 Å². The number of ether oxygens (including phenoxy) is 1. The Morgan fingerprint density at radius 3 is 2.77 bits per heavy atom. The summed E-state index contributed by atoms with van der Waals surface area (Å²) in [6, 6.07) is 7.50. The van der Waals surface area contributed by atoms with Crippen LogP contribution in [0.4, 0.5) is 0 Å². The van der Waals surface area contributed by atoms with Crippen molar-refractivity contribution in [3.8, 4) is 5.75 Å². The Hall–Kier alpha value is -1.31. The normalized spacial score (nSPS) is 9.69. The zero-order valence-electron chi connectivity index (χ0n) is 7.91. The lowest BCUT2D eigenvalue weighted by Crippen LogP contribution is -2.03. The third-order valence-corrected chi connectivity index (χ3v) is 1.60. The molecule has 0 atom stereocenters. The van der Waals surface area contributed by atoms with Crippen LogP contribution in [0.2, 0.25) is 0 Å². The van der Waals surface area contributed by atoms with Crippen molar-refractivity contribution in [2.45, 2.75) is 20.3 Å². The van der Waals surface area contributed by atoms with Crippen LogP contribution in [0.3, 0.4) is 0 Å². The summed E-state index contributed by atoms with van der Waals surface area (Å²) in [4.78, 5) is 10.7. The van der Waals surface area contributed by atoms with E-state index < -0.39 is 0 Å². The number of para-hydroxylation sites is 1. The van der Waals surface area contributed by atoms with Crippen LogP contribution in [-0.4, -0.2) is 5.97 Å². The van der Waals surface area contributed by atoms with E-state index in [0.29, 0.717) is 5.75 Å². The third kappa shape index (κ3) is 2.90. The van der Waals surface area contributed by atoms with E-state index in [2.05, 4.69) is 0 Å². The minimum absolute atomic E-state index is 0.281. The molecule has 69 valence electrons. The van der Waals surface area contributed by atoms with Gasteiger partial charge in [-0.2, -0.15) is 0 Å². The molecule has 2 heteroatoms. The van der Waals surface area contributed by atoms with Gasteiger partial charge >= 0.3 is 5.97 Å². The Kier molecular flexibility index (Phi) is 3.50. The summed E-state index contributed by atoms with van der Waals surface area (Å²) in [7, 11) is 0. The lowest BCUT2D eigenvalue weighted by molar-refractivity contribution is -0.131. The summed E-state index contributed by atoms with van der Waals surface area (Å²) in [5, 5.41) is 0. The van der Waals surface area contributed by atoms with E-state index in [1.807, 2.05) is 31.5 Å². The highest BCUT2D eigenvalue weighted by atomic mass is 16.5. The molecule has 0 heterocycles. The molecule has 0 aliphatic carbocycles. The van der Waals surface area contributed by atoms with E-state index in [4.69, 9.17) is 4.74 Å². The second-order valence-electron chi connectivity index (χ2n) is 2.74.